The Kier molecular flexibility index (Phi) is 7.05. The Morgan fingerprint density at radius 3 is 2.77 bits per heavy atom. The van der Waals surface area contributed by atoms with E-state index in [1.807, 2.05) is 4.90 Å². The highest BCUT2D eigenvalue weighted by atomic mass is 32.2. The molecule has 8 nitrogen and oxygen atoms in total. The summed E-state index contributed by atoms with van der Waals surface area (Å²) in [6.07, 6.45) is 7.89. The number of anilines is 2. The summed E-state index contributed by atoms with van der Waals surface area (Å²) < 4.78 is 33.4. The molecule has 9 heteroatoms. The summed E-state index contributed by atoms with van der Waals surface area (Å²) in [6.45, 7) is 1.06. The van der Waals surface area contributed by atoms with Crippen molar-refractivity contribution in [2.75, 3.05) is 30.2 Å². The highest BCUT2D eigenvalue weighted by molar-refractivity contribution is 7.92. The molecule has 1 fully saturated rings. The van der Waals surface area contributed by atoms with Crippen LogP contribution >= 0.6 is 0 Å². The molecule has 1 aliphatic rings. The minimum absolute atomic E-state index is 0.0131. The third-order valence-corrected chi connectivity index (χ3v) is 6.46. The highest BCUT2D eigenvalue weighted by Gasteiger charge is 2.29. The van der Waals surface area contributed by atoms with Gasteiger partial charge < -0.3 is 15.2 Å². The van der Waals surface area contributed by atoms with Crippen molar-refractivity contribution in [2.45, 2.75) is 30.2 Å². The van der Waals surface area contributed by atoms with Crippen molar-refractivity contribution >= 4 is 27.3 Å². The van der Waals surface area contributed by atoms with Gasteiger partial charge in [-0.3, -0.25) is 14.4 Å². The minimum Gasteiger partial charge on any atom is -0.506 e. The van der Waals surface area contributed by atoms with Crippen molar-refractivity contribution in [1.29, 1.82) is 0 Å². The van der Waals surface area contributed by atoms with E-state index in [1.54, 1.807) is 24.3 Å². The lowest BCUT2D eigenvalue weighted by molar-refractivity contribution is -0.122. The van der Waals surface area contributed by atoms with Gasteiger partial charge in [0.2, 0.25) is 5.91 Å². The van der Waals surface area contributed by atoms with Crippen LogP contribution in [0.1, 0.15) is 19.3 Å². The number of carbonyl (C=O) groups excluding carboxylic acids is 1. The molecule has 3 N–H and O–H groups in total. The topological polar surface area (TPSA) is 108 Å². The second kappa shape index (κ2) is 9.73. The number of sulfonamides is 1. The molecule has 164 valence electrons. The quantitative estimate of drug-likeness (QED) is 0.449. The number of methoxy groups -OCH3 is 1. The van der Waals surface area contributed by atoms with Gasteiger partial charge in [-0.25, -0.2) is 8.42 Å². The number of piperidine rings is 1. The van der Waals surface area contributed by atoms with E-state index in [0.717, 1.165) is 12.8 Å². The lowest BCUT2D eigenvalue weighted by atomic mass is 10.0. The van der Waals surface area contributed by atoms with Crippen LogP contribution in [0.5, 0.6) is 11.5 Å². The fraction of sp³-hybridized carbons (Fsp3) is 0.318. The molecule has 1 amide bonds. The van der Waals surface area contributed by atoms with E-state index < -0.39 is 16.1 Å². The third kappa shape index (κ3) is 5.29. The van der Waals surface area contributed by atoms with E-state index in [9.17, 15) is 18.3 Å². The number of rotatable bonds is 7. The maximum absolute atomic E-state index is 12.9. The van der Waals surface area contributed by atoms with Crippen LogP contribution < -0.4 is 14.8 Å². The second-order valence-corrected chi connectivity index (χ2v) is 8.84. The lowest BCUT2D eigenvalue weighted by Gasteiger charge is -2.33. The zero-order valence-electron chi connectivity index (χ0n) is 17.2. The molecule has 1 unspecified atom stereocenters. The van der Waals surface area contributed by atoms with Crippen LogP contribution in [0.3, 0.4) is 0 Å². The molecule has 1 saturated heterocycles. The molecule has 0 radical (unpaired) electrons. The van der Waals surface area contributed by atoms with Crippen LogP contribution in [0, 0.1) is 12.3 Å². The first-order valence-electron chi connectivity index (χ1n) is 9.83. The number of likely N-dealkylation sites (tertiary alicyclic amines) is 1. The molecule has 2 aromatic carbocycles. The predicted octanol–water partition coefficient (Wildman–Crippen LogP) is 2.63. The molecule has 0 aliphatic carbocycles. The summed E-state index contributed by atoms with van der Waals surface area (Å²) in [4.78, 5) is 14.6. The Bertz CT molecular complexity index is 1090. The molecule has 2 aromatic rings. The fourth-order valence-corrected chi connectivity index (χ4v) is 4.62. The van der Waals surface area contributed by atoms with Gasteiger partial charge in [-0.15, -0.1) is 6.42 Å². The molecule has 1 aliphatic heterocycles. The van der Waals surface area contributed by atoms with Crippen molar-refractivity contribution in [3.63, 3.8) is 0 Å². The van der Waals surface area contributed by atoms with Crippen molar-refractivity contribution in [2.24, 2.45) is 0 Å². The molecule has 31 heavy (non-hydrogen) atoms. The largest absolute Gasteiger partial charge is 0.506 e. The number of hydrogen-bond acceptors (Lipinski definition) is 6. The van der Waals surface area contributed by atoms with E-state index in [2.05, 4.69) is 16.0 Å². The molecular formula is C22H25N3O5S. The van der Waals surface area contributed by atoms with Crippen LogP contribution in [0.15, 0.2) is 47.4 Å². The van der Waals surface area contributed by atoms with E-state index >= 15 is 0 Å². The molecule has 1 heterocycles. The normalized spacial score (nSPS) is 16.8. The summed E-state index contributed by atoms with van der Waals surface area (Å²) in [7, 11) is -2.55. The number of para-hydroxylation sites is 2. The smallest absolute Gasteiger partial charge is 0.262 e. The Morgan fingerprint density at radius 2 is 2.03 bits per heavy atom. The zero-order valence-corrected chi connectivity index (χ0v) is 18.0. The number of carbonyl (C=O) groups is 1. The van der Waals surface area contributed by atoms with Crippen LogP contribution in [0.25, 0.3) is 0 Å². The molecule has 0 saturated carbocycles. The number of ether oxygens (including phenoxy) is 1. The summed E-state index contributed by atoms with van der Waals surface area (Å²) >= 11 is 0. The van der Waals surface area contributed by atoms with Gasteiger partial charge in [-0.1, -0.05) is 24.5 Å². The van der Waals surface area contributed by atoms with Gasteiger partial charge in [0.05, 0.1) is 36.0 Å². The maximum Gasteiger partial charge on any atom is 0.262 e. The average molecular weight is 444 g/mol. The Hall–Kier alpha value is -3.22. The zero-order chi connectivity index (χ0) is 22.4. The van der Waals surface area contributed by atoms with Gasteiger partial charge in [0, 0.05) is 0 Å². The van der Waals surface area contributed by atoms with Crippen molar-refractivity contribution < 1.29 is 23.1 Å². The van der Waals surface area contributed by atoms with E-state index in [4.69, 9.17) is 11.2 Å². The number of phenolic OH excluding ortho intramolecular Hbond substituents is 1. The molecule has 0 spiro atoms. The number of amides is 1. The number of aromatic hydroxyl groups is 1. The van der Waals surface area contributed by atoms with Gasteiger partial charge >= 0.3 is 0 Å². The average Bonchev–Trinajstić information content (AvgIpc) is 2.76. The lowest BCUT2D eigenvalue weighted by Crippen LogP contribution is -2.47. The Morgan fingerprint density at radius 1 is 1.26 bits per heavy atom. The van der Waals surface area contributed by atoms with Gasteiger partial charge in [-0.05, 0) is 49.7 Å². The van der Waals surface area contributed by atoms with E-state index in [-0.39, 0.29) is 27.9 Å². The SMILES string of the molecule is C#CCN1CCCCC1C(=O)Nc1cc(S(=O)(=O)Nc2ccccc2OC)ccc1O. The first-order valence-corrected chi connectivity index (χ1v) is 11.3. The summed E-state index contributed by atoms with van der Waals surface area (Å²) in [5.41, 5.74) is 0.287. The van der Waals surface area contributed by atoms with Crippen LogP contribution in [-0.2, 0) is 14.8 Å². The second-order valence-electron chi connectivity index (χ2n) is 7.16. The van der Waals surface area contributed by atoms with Gasteiger partial charge in [-0.2, -0.15) is 0 Å². The summed E-state index contributed by atoms with van der Waals surface area (Å²) in [5.74, 6) is 2.35. The first-order chi connectivity index (χ1) is 14.9. The monoisotopic (exact) mass is 443 g/mol. The Labute approximate surface area is 182 Å². The maximum atomic E-state index is 12.9. The molecule has 0 bridgehead atoms. The number of benzene rings is 2. The number of nitrogens with one attached hydrogen (secondary N) is 2. The van der Waals surface area contributed by atoms with E-state index in [1.165, 1.54) is 25.3 Å². The number of nitrogens with zero attached hydrogens (tertiary/aromatic N) is 1. The third-order valence-electron chi connectivity index (χ3n) is 5.10. The van der Waals surface area contributed by atoms with Crippen LogP contribution in [0.2, 0.25) is 0 Å². The molecule has 1 atom stereocenters. The molecule has 0 aromatic heterocycles. The van der Waals surface area contributed by atoms with Crippen molar-refractivity contribution in [3.8, 4) is 23.8 Å². The van der Waals surface area contributed by atoms with Gasteiger partial charge in [0.15, 0.2) is 0 Å². The number of hydrogen-bond donors (Lipinski definition) is 3. The number of terminal acetylenes is 1. The summed E-state index contributed by atoms with van der Waals surface area (Å²) in [5, 5.41) is 12.8. The van der Waals surface area contributed by atoms with E-state index in [0.29, 0.717) is 25.3 Å². The summed E-state index contributed by atoms with van der Waals surface area (Å²) in [6, 6.07) is 9.87. The molecular weight excluding hydrogens is 418 g/mol. The Balaban J connectivity index is 1.82. The predicted molar refractivity (Wildman–Crippen MR) is 119 cm³/mol. The van der Waals surface area contributed by atoms with Crippen LogP contribution in [-0.4, -0.2) is 50.6 Å². The first kappa shape index (κ1) is 22.5. The van der Waals surface area contributed by atoms with Crippen molar-refractivity contribution in [3.05, 3.63) is 42.5 Å². The van der Waals surface area contributed by atoms with Crippen molar-refractivity contribution in [1.82, 2.24) is 4.90 Å². The van der Waals surface area contributed by atoms with Gasteiger partial charge in [0.1, 0.15) is 11.5 Å². The minimum atomic E-state index is -3.99. The van der Waals surface area contributed by atoms with Crippen LogP contribution in [0.4, 0.5) is 11.4 Å². The molecule has 3 rings (SSSR count). The highest BCUT2D eigenvalue weighted by Crippen LogP contribution is 2.30. The fourth-order valence-electron chi connectivity index (χ4n) is 3.53. The van der Waals surface area contributed by atoms with Gasteiger partial charge in [0.25, 0.3) is 10.0 Å². The standard InChI is InChI=1S/C22H25N3O5S/c1-3-13-25-14-7-6-9-19(25)22(27)23-18-15-16(11-12-20(18)26)31(28,29)24-17-8-4-5-10-21(17)30-2/h1,4-5,8,10-12,15,19,24,26H,6-7,9,13-14H2,2H3,(H,23,27). The number of phenols is 1.